The van der Waals surface area contributed by atoms with E-state index in [0.29, 0.717) is 5.75 Å². The average molecular weight is 295 g/mol. The summed E-state index contributed by atoms with van der Waals surface area (Å²) >= 11 is 0. The van der Waals surface area contributed by atoms with Crippen LogP contribution in [0.5, 0.6) is 0 Å². The zero-order chi connectivity index (χ0) is 14.4. The van der Waals surface area contributed by atoms with Crippen LogP contribution in [0.3, 0.4) is 0 Å². The van der Waals surface area contributed by atoms with Gasteiger partial charge in [0.2, 0.25) is 0 Å². The Morgan fingerprint density at radius 3 is 2.75 bits per heavy atom. The molecule has 1 aliphatic rings. The monoisotopic (exact) mass is 295 g/mol. The van der Waals surface area contributed by atoms with Crippen LogP contribution in [-0.4, -0.2) is 34.5 Å². The van der Waals surface area contributed by atoms with Gasteiger partial charge in [0, 0.05) is 29.2 Å². The van der Waals surface area contributed by atoms with Crippen molar-refractivity contribution >= 4 is 10.8 Å². The molecule has 0 aromatic heterocycles. The van der Waals surface area contributed by atoms with Gasteiger partial charge in [-0.25, -0.2) is 0 Å². The van der Waals surface area contributed by atoms with Gasteiger partial charge in [-0.2, -0.15) is 0 Å². The first-order valence-electron chi connectivity index (χ1n) is 7.49. The summed E-state index contributed by atoms with van der Waals surface area (Å²) in [6.45, 7) is 5.88. The first kappa shape index (κ1) is 15.7. The molecular formula is C16H25NO2S. The second kappa shape index (κ2) is 7.91. The Morgan fingerprint density at radius 1 is 1.40 bits per heavy atom. The number of ether oxygens (including phenoxy) is 1. The SMILES string of the molecule is CCCNC(CS(=O)C1CCOC1C)c1ccccc1. The standard InChI is InChI=1S/C16H25NO2S/c1-3-10-17-15(14-7-5-4-6-8-14)12-20(18)16-9-11-19-13(16)2/h4-8,13,15-17H,3,9-12H2,1-2H3. The van der Waals surface area contributed by atoms with Crippen molar-refractivity contribution in [1.82, 2.24) is 5.32 Å². The molecule has 4 atom stereocenters. The van der Waals surface area contributed by atoms with Gasteiger partial charge < -0.3 is 10.1 Å². The molecule has 0 saturated carbocycles. The number of hydrogen-bond acceptors (Lipinski definition) is 3. The van der Waals surface area contributed by atoms with Crippen molar-refractivity contribution in [3.8, 4) is 0 Å². The van der Waals surface area contributed by atoms with Gasteiger partial charge in [-0.1, -0.05) is 37.3 Å². The molecule has 0 spiro atoms. The van der Waals surface area contributed by atoms with Crippen LogP contribution in [0.4, 0.5) is 0 Å². The van der Waals surface area contributed by atoms with E-state index in [9.17, 15) is 4.21 Å². The van der Waals surface area contributed by atoms with E-state index in [1.54, 1.807) is 0 Å². The first-order valence-corrected chi connectivity index (χ1v) is 8.87. The first-order chi connectivity index (χ1) is 9.72. The molecule has 4 heteroatoms. The van der Waals surface area contributed by atoms with Crippen molar-refractivity contribution in [1.29, 1.82) is 0 Å². The third-order valence-corrected chi connectivity index (χ3v) is 5.77. The van der Waals surface area contributed by atoms with Crippen LogP contribution in [0.2, 0.25) is 0 Å². The van der Waals surface area contributed by atoms with Crippen LogP contribution in [-0.2, 0) is 15.5 Å². The highest BCUT2D eigenvalue weighted by molar-refractivity contribution is 7.85. The molecule has 3 nitrogen and oxygen atoms in total. The normalized spacial score (nSPS) is 25.5. The lowest BCUT2D eigenvalue weighted by Crippen LogP contribution is -2.32. The van der Waals surface area contributed by atoms with Gasteiger partial charge in [-0.3, -0.25) is 4.21 Å². The highest BCUT2D eigenvalue weighted by Gasteiger charge is 2.31. The third-order valence-electron chi connectivity index (χ3n) is 3.82. The lowest BCUT2D eigenvalue weighted by Gasteiger charge is -2.21. The molecule has 2 rings (SSSR count). The van der Waals surface area contributed by atoms with E-state index in [0.717, 1.165) is 26.0 Å². The fraction of sp³-hybridized carbons (Fsp3) is 0.625. The third kappa shape index (κ3) is 4.14. The Balaban J connectivity index is 2.02. The fourth-order valence-electron chi connectivity index (χ4n) is 2.62. The molecule has 20 heavy (non-hydrogen) atoms. The van der Waals surface area contributed by atoms with Crippen LogP contribution in [0.1, 0.15) is 38.3 Å². The number of benzene rings is 1. The minimum atomic E-state index is -0.847. The lowest BCUT2D eigenvalue weighted by molar-refractivity contribution is 0.127. The van der Waals surface area contributed by atoms with E-state index in [-0.39, 0.29) is 17.4 Å². The number of nitrogens with one attached hydrogen (secondary N) is 1. The zero-order valence-corrected chi connectivity index (χ0v) is 13.2. The highest BCUT2D eigenvalue weighted by atomic mass is 32.2. The average Bonchev–Trinajstić information content (AvgIpc) is 2.90. The molecule has 0 amide bonds. The van der Waals surface area contributed by atoms with Crippen LogP contribution < -0.4 is 5.32 Å². The summed E-state index contributed by atoms with van der Waals surface area (Å²) in [5.41, 5.74) is 1.22. The van der Waals surface area contributed by atoms with E-state index in [4.69, 9.17) is 4.74 Å². The maximum Gasteiger partial charge on any atom is 0.0691 e. The van der Waals surface area contributed by atoms with Gasteiger partial charge in [0.1, 0.15) is 0 Å². The summed E-state index contributed by atoms with van der Waals surface area (Å²) in [6.07, 6.45) is 2.13. The van der Waals surface area contributed by atoms with E-state index >= 15 is 0 Å². The zero-order valence-electron chi connectivity index (χ0n) is 12.4. The molecule has 1 aromatic rings. The lowest BCUT2D eigenvalue weighted by atomic mass is 10.1. The van der Waals surface area contributed by atoms with Gasteiger partial charge >= 0.3 is 0 Å². The number of hydrogen-bond donors (Lipinski definition) is 1. The van der Waals surface area contributed by atoms with Crippen LogP contribution in [0.25, 0.3) is 0 Å². The minimum Gasteiger partial charge on any atom is -0.377 e. The van der Waals surface area contributed by atoms with Gasteiger partial charge in [0.05, 0.1) is 11.4 Å². The number of rotatable bonds is 7. The summed E-state index contributed by atoms with van der Waals surface area (Å²) in [4.78, 5) is 0. The molecule has 0 radical (unpaired) electrons. The molecule has 1 aliphatic heterocycles. The minimum absolute atomic E-state index is 0.124. The summed E-state index contributed by atoms with van der Waals surface area (Å²) in [5, 5.41) is 3.71. The fourth-order valence-corrected chi connectivity index (χ4v) is 4.37. The Labute approximate surface area is 124 Å². The molecule has 0 aliphatic carbocycles. The Kier molecular flexibility index (Phi) is 6.20. The summed E-state index contributed by atoms with van der Waals surface area (Å²) in [7, 11) is -0.847. The molecule has 0 bridgehead atoms. The maximum absolute atomic E-state index is 12.6. The van der Waals surface area contributed by atoms with Gasteiger partial charge in [0.25, 0.3) is 0 Å². The van der Waals surface area contributed by atoms with Crippen molar-refractivity contribution in [2.75, 3.05) is 18.9 Å². The van der Waals surface area contributed by atoms with E-state index in [1.165, 1.54) is 5.56 Å². The molecule has 1 aromatic carbocycles. The predicted octanol–water partition coefficient (Wildman–Crippen LogP) is 2.65. The van der Waals surface area contributed by atoms with Crippen molar-refractivity contribution in [2.45, 2.75) is 44.1 Å². The van der Waals surface area contributed by atoms with E-state index in [2.05, 4.69) is 24.4 Å². The molecule has 1 fully saturated rings. The Bertz CT molecular complexity index is 424. The quantitative estimate of drug-likeness (QED) is 0.840. The summed E-state index contributed by atoms with van der Waals surface area (Å²) in [5.74, 6) is 0.669. The van der Waals surface area contributed by atoms with Crippen LogP contribution in [0.15, 0.2) is 30.3 Å². The maximum atomic E-state index is 12.6. The molecule has 1 N–H and O–H groups in total. The summed E-state index contributed by atoms with van der Waals surface area (Å²) < 4.78 is 18.1. The van der Waals surface area contributed by atoms with Gasteiger partial charge in [0.15, 0.2) is 0 Å². The molecule has 4 unspecified atom stereocenters. The van der Waals surface area contributed by atoms with Crippen molar-refractivity contribution in [3.05, 3.63) is 35.9 Å². The van der Waals surface area contributed by atoms with Crippen molar-refractivity contribution < 1.29 is 8.95 Å². The second-order valence-electron chi connectivity index (χ2n) is 5.37. The molecular weight excluding hydrogens is 270 g/mol. The van der Waals surface area contributed by atoms with E-state index in [1.807, 2.05) is 25.1 Å². The molecule has 1 heterocycles. The van der Waals surface area contributed by atoms with Gasteiger partial charge in [-0.15, -0.1) is 0 Å². The summed E-state index contributed by atoms with van der Waals surface area (Å²) in [6, 6.07) is 10.5. The topological polar surface area (TPSA) is 38.3 Å². The van der Waals surface area contributed by atoms with E-state index < -0.39 is 10.8 Å². The smallest absolute Gasteiger partial charge is 0.0691 e. The highest BCUT2D eigenvalue weighted by Crippen LogP contribution is 2.22. The van der Waals surface area contributed by atoms with Crippen LogP contribution >= 0.6 is 0 Å². The Hall–Kier alpha value is -0.710. The van der Waals surface area contributed by atoms with Gasteiger partial charge in [-0.05, 0) is 31.9 Å². The molecule has 112 valence electrons. The largest absolute Gasteiger partial charge is 0.377 e. The van der Waals surface area contributed by atoms with Crippen molar-refractivity contribution in [2.24, 2.45) is 0 Å². The predicted molar refractivity (Wildman–Crippen MR) is 84.3 cm³/mol. The Morgan fingerprint density at radius 2 is 2.15 bits per heavy atom. The van der Waals surface area contributed by atoms with Crippen LogP contribution in [0, 0.1) is 0 Å². The second-order valence-corrected chi connectivity index (χ2v) is 7.07. The molecule has 1 saturated heterocycles. The van der Waals surface area contributed by atoms with Crippen molar-refractivity contribution in [3.63, 3.8) is 0 Å².